The van der Waals surface area contributed by atoms with E-state index in [0.29, 0.717) is 29.4 Å². The van der Waals surface area contributed by atoms with Crippen molar-refractivity contribution >= 4 is 23.0 Å². The van der Waals surface area contributed by atoms with Crippen LogP contribution in [-0.2, 0) is 13.5 Å². The second-order valence-electron chi connectivity index (χ2n) is 7.46. The average molecular weight is 450 g/mol. The zero-order valence-corrected chi connectivity index (χ0v) is 17.6. The van der Waals surface area contributed by atoms with E-state index in [1.54, 1.807) is 45.8 Å². The molecular weight excluding hydrogens is 434 g/mol. The fraction of sp³-hybridized carbons (Fsp3) is 0.200. The van der Waals surface area contributed by atoms with Crippen molar-refractivity contribution in [2.75, 3.05) is 6.54 Å². The first-order chi connectivity index (χ1) is 15.6. The molecule has 0 fully saturated rings. The number of nitrogens with zero attached hydrogens (tertiary/aromatic N) is 8. The number of carbonyl (C=O) groups is 1. The molecule has 0 spiro atoms. The predicted octanol–water partition coefficient (Wildman–Crippen LogP) is 2.28. The molecule has 1 aliphatic heterocycles. The van der Waals surface area contributed by atoms with Crippen molar-refractivity contribution < 1.29 is 9.21 Å². The van der Waals surface area contributed by atoms with Crippen LogP contribution in [0, 0.1) is 0 Å². The summed E-state index contributed by atoms with van der Waals surface area (Å²) in [6, 6.07) is 6.68. The van der Waals surface area contributed by atoms with Crippen LogP contribution in [0.2, 0.25) is 5.02 Å². The first-order valence-corrected chi connectivity index (χ1v) is 10.3. The summed E-state index contributed by atoms with van der Waals surface area (Å²) in [5.74, 6) is -0.333. The zero-order chi connectivity index (χ0) is 21.8. The van der Waals surface area contributed by atoms with E-state index in [9.17, 15) is 4.79 Å². The number of fused-ring (bicyclic) bond motifs is 2. The summed E-state index contributed by atoms with van der Waals surface area (Å²) in [6.07, 6.45) is 5.81. The van der Waals surface area contributed by atoms with Crippen LogP contribution in [0.4, 0.5) is 0 Å². The summed E-state index contributed by atoms with van der Waals surface area (Å²) in [7, 11) is 1.78. The number of hydrogen-bond donors (Lipinski definition) is 1. The van der Waals surface area contributed by atoms with E-state index in [1.165, 1.54) is 0 Å². The number of hydrogen-bond acceptors (Lipinski definition) is 7. The standard InChI is InChI=1S/C20H16ClN9O2/c1-28-7-4-13(26-28)18-24-25-19(32-18)20(31)29-8-5-12-16(23-10-22-12)17(29)14-9-15-11(21)3-2-6-30(15)27-14/h2-4,6-7,9-10,17H,5,8H2,1H3,(H,22,23)/t17-/m0/s1. The summed E-state index contributed by atoms with van der Waals surface area (Å²) in [6.45, 7) is 0.432. The van der Waals surface area contributed by atoms with Gasteiger partial charge in [-0.1, -0.05) is 11.6 Å². The Hall–Kier alpha value is -3.99. The first kappa shape index (κ1) is 18.8. The highest BCUT2D eigenvalue weighted by Gasteiger charge is 2.38. The molecule has 1 N–H and O–H groups in total. The zero-order valence-electron chi connectivity index (χ0n) is 16.8. The monoisotopic (exact) mass is 449 g/mol. The molecule has 1 amide bonds. The lowest BCUT2D eigenvalue weighted by atomic mass is 9.99. The molecule has 0 bridgehead atoms. The van der Waals surface area contributed by atoms with Crippen LogP contribution in [0.3, 0.4) is 0 Å². The Morgan fingerprint density at radius 3 is 2.97 bits per heavy atom. The smallest absolute Gasteiger partial charge is 0.312 e. The molecule has 0 saturated heterocycles. The number of aryl methyl sites for hydroxylation is 1. The van der Waals surface area contributed by atoms with Crippen molar-refractivity contribution in [1.82, 2.24) is 44.5 Å². The highest BCUT2D eigenvalue weighted by atomic mass is 35.5. The minimum Gasteiger partial charge on any atom is -0.411 e. The minimum absolute atomic E-state index is 0.114. The molecule has 0 saturated carbocycles. The highest BCUT2D eigenvalue weighted by Crippen LogP contribution is 2.35. The third-order valence-corrected chi connectivity index (χ3v) is 5.80. The number of imidazole rings is 1. The number of carbonyl (C=O) groups excluding carboxylic acids is 1. The molecule has 160 valence electrons. The van der Waals surface area contributed by atoms with Crippen molar-refractivity contribution in [2.24, 2.45) is 7.05 Å². The van der Waals surface area contributed by atoms with Gasteiger partial charge in [0.1, 0.15) is 11.7 Å². The van der Waals surface area contributed by atoms with E-state index in [2.05, 4.69) is 30.4 Å². The molecule has 0 radical (unpaired) electrons. The van der Waals surface area contributed by atoms with Gasteiger partial charge in [-0.25, -0.2) is 9.50 Å². The van der Waals surface area contributed by atoms with Gasteiger partial charge in [0.05, 0.1) is 28.3 Å². The van der Waals surface area contributed by atoms with Crippen molar-refractivity contribution in [1.29, 1.82) is 0 Å². The van der Waals surface area contributed by atoms with Gasteiger partial charge in [0.2, 0.25) is 0 Å². The molecule has 12 heteroatoms. The minimum atomic E-state index is -0.529. The molecule has 0 aliphatic carbocycles. The maximum absolute atomic E-state index is 13.5. The van der Waals surface area contributed by atoms with E-state index < -0.39 is 11.9 Å². The van der Waals surface area contributed by atoms with Gasteiger partial charge >= 0.3 is 11.8 Å². The van der Waals surface area contributed by atoms with Gasteiger partial charge in [0.25, 0.3) is 5.89 Å². The maximum atomic E-state index is 13.5. The summed E-state index contributed by atoms with van der Waals surface area (Å²) < 4.78 is 8.97. The molecule has 6 heterocycles. The summed E-state index contributed by atoms with van der Waals surface area (Å²) in [5.41, 5.74) is 3.58. The van der Waals surface area contributed by atoms with Crippen molar-refractivity contribution in [3.05, 3.63) is 71.0 Å². The molecule has 32 heavy (non-hydrogen) atoms. The van der Waals surface area contributed by atoms with Crippen molar-refractivity contribution in [3.63, 3.8) is 0 Å². The van der Waals surface area contributed by atoms with E-state index >= 15 is 0 Å². The van der Waals surface area contributed by atoms with Crippen LogP contribution < -0.4 is 0 Å². The third-order valence-electron chi connectivity index (χ3n) is 5.48. The summed E-state index contributed by atoms with van der Waals surface area (Å²) >= 11 is 6.34. The van der Waals surface area contributed by atoms with Crippen LogP contribution in [0.5, 0.6) is 0 Å². The number of H-pyrrole nitrogens is 1. The first-order valence-electron chi connectivity index (χ1n) is 9.89. The van der Waals surface area contributed by atoms with Crippen LogP contribution in [0.1, 0.15) is 33.8 Å². The van der Waals surface area contributed by atoms with E-state index in [-0.39, 0.29) is 11.8 Å². The number of pyridine rings is 1. The molecule has 11 nitrogen and oxygen atoms in total. The topological polar surface area (TPSA) is 123 Å². The number of rotatable bonds is 3. The second-order valence-corrected chi connectivity index (χ2v) is 7.87. The van der Waals surface area contributed by atoms with Crippen molar-refractivity contribution in [2.45, 2.75) is 12.5 Å². The number of aromatic nitrogens is 8. The van der Waals surface area contributed by atoms with Crippen LogP contribution >= 0.6 is 11.6 Å². The van der Waals surface area contributed by atoms with Gasteiger partial charge in [0.15, 0.2) is 0 Å². The van der Waals surface area contributed by atoms with Gasteiger partial charge < -0.3 is 14.3 Å². The highest BCUT2D eigenvalue weighted by molar-refractivity contribution is 6.33. The van der Waals surface area contributed by atoms with Gasteiger partial charge in [-0.3, -0.25) is 9.48 Å². The number of nitrogens with one attached hydrogen (secondary N) is 1. The Labute approximate surface area is 185 Å². The lowest BCUT2D eigenvalue weighted by Gasteiger charge is -2.32. The van der Waals surface area contributed by atoms with Crippen LogP contribution in [0.25, 0.3) is 17.1 Å². The Balaban J connectivity index is 1.41. The van der Waals surface area contributed by atoms with Crippen LogP contribution in [0.15, 0.2) is 47.4 Å². The summed E-state index contributed by atoms with van der Waals surface area (Å²) in [4.78, 5) is 22.7. The maximum Gasteiger partial charge on any atom is 0.312 e. The molecule has 1 atom stereocenters. The summed E-state index contributed by atoms with van der Waals surface area (Å²) in [5, 5.41) is 17.4. The third kappa shape index (κ3) is 2.89. The Morgan fingerprint density at radius 1 is 1.25 bits per heavy atom. The molecule has 0 unspecified atom stereocenters. The quantitative estimate of drug-likeness (QED) is 0.448. The van der Waals surface area contributed by atoms with E-state index in [1.807, 2.05) is 18.3 Å². The molecule has 0 aromatic carbocycles. The SMILES string of the molecule is Cn1ccc(-c2nnc(C(=O)N3CCc4[nH]cnc4[C@@H]3c3cc4c(Cl)cccn4n3)o2)n1. The fourth-order valence-corrected chi connectivity index (χ4v) is 4.21. The largest absolute Gasteiger partial charge is 0.411 e. The van der Waals surface area contributed by atoms with Gasteiger partial charge in [0, 0.05) is 38.1 Å². The van der Waals surface area contributed by atoms with Gasteiger partial charge in [-0.2, -0.15) is 10.2 Å². The normalized spacial score (nSPS) is 15.9. The second kappa shape index (κ2) is 7.02. The van der Waals surface area contributed by atoms with E-state index in [4.69, 9.17) is 16.0 Å². The molecule has 5 aromatic rings. The predicted molar refractivity (Wildman–Crippen MR) is 112 cm³/mol. The fourth-order valence-electron chi connectivity index (χ4n) is 3.99. The molecule has 1 aliphatic rings. The molecule has 5 aromatic heterocycles. The average Bonchev–Trinajstić information content (AvgIpc) is 3.57. The van der Waals surface area contributed by atoms with E-state index in [0.717, 1.165) is 16.9 Å². The van der Waals surface area contributed by atoms with Gasteiger partial charge in [-0.05, 0) is 24.3 Å². The molecular formula is C20H16ClN9O2. The Morgan fingerprint density at radius 2 is 2.16 bits per heavy atom. The number of aromatic amines is 1. The lowest BCUT2D eigenvalue weighted by molar-refractivity contribution is 0.0646. The van der Waals surface area contributed by atoms with Crippen LogP contribution in [-0.4, -0.2) is 56.9 Å². The Kier molecular flexibility index (Phi) is 4.12. The number of amides is 1. The Bertz CT molecular complexity index is 1460. The van der Waals surface area contributed by atoms with Gasteiger partial charge in [-0.15, -0.1) is 10.2 Å². The lowest BCUT2D eigenvalue weighted by Crippen LogP contribution is -2.41. The molecule has 6 rings (SSSR count). The van der Waals surface area contributed by atoms with Crippen molar-refractivity contribution in [3.8, 4) is 11.6 Å². The number of halogens is 1.